The van der Waals surface area contributed by atoms with Gasteiger partial charge >= 0.3 is 0 Å². The molecule has 0 radical (unpaired) electrons. The number of halogens is 1. The Morgan fingerprint density at radius 3 is 3.00 bits per heavy atom. The van der Waals surface area contributed by atoms with E-state index in [9.17, 15) is 4.79 Å². The van der Waals surface area contributed by atoms with Crippen LogP contribution in [0.15, 0.2) is 35.6 Å². The Labute approximate surface area is 168 Å². The van der Waals surface area contributed by atoms with Gasteiger partial charge in [-0.15, -0.1) is 0 Å². The molecular formula is C19H23ClN4O2S. The molecule has 2 heterocycles. The number of carbonyl (C=O) groups excluding carboxylic acids is 1. The first kappa shape index (κ1) is 19.8. The third kappa shape index (κ3) is 5.26. The van der Waals surface area contributed by atoms with E-state index in [1.165, 1.54) is 31.0 Å². The number of methoxy groups -OCH3 is 1. The number of carbonyl (C=O) groups is 1. The smallest absolute Gasteiger partial charge is 0.234 e. The first-order valence-electron chi connectivity index (χ1n) is 8.91. The molecule has 1 unspecified atom stereocenters. The van der Waals surface area contributed by atoms with Gasteiger partial charge in [0.2, 0.25) is 5.91 Å². The Bertz CT molecular complexity index is 805. The predicted octanol–water partition coefficient (Wildman–Crippen LogP) is 4.25. The van der Waals surface area contributed by atoms with E-state index in [0.717, 1.165) is 17.4 Å². The number of benzene rings is 1. The summed E-state index contributed by atoms with van der Waals surface area (Å²) < 4.78 is 5.25. The Morgan fingerprint density at radius 2 is 2.22 bits per heavy atom. The molecule has 8 heteroatoms. The highest BCUT2D eigenvalue weighted by molar-refractivity contribution is 7.99. The van der Waals surface area contributed by atoms with Gasteiger partial charge in [0.25, 0.3) is 0 Å². The van der Waals surface area contributed by atoms with Crippen LogP contribution >= 0.6 is 23.4 Å². The minimum Gasteiger partial charge on any atom is -0.495 e. The molecule has 27 heavy (non-hydrogen) atoms. The number of rotatable bonds is 6. The maximum Gasteiger partial charge on any atom is 0.234 e. The van der Waals surface area contributed by atoms with Gasteiger partial charge in [-0.25, -0.2) is 9.97 Å². The van der Waals surface area contributed by atoms with Crippen molar-refractivity contribution in [2.75, 3.05) is 29.6 Å². The van der Waals surface area contributed by atoms with Crippen molar-refractivity contribution in [2.45, 2.75) is 37.3 Å². The van der Waals surface area contributed by atoms with Crippen molar-refractivity contribution in [2.24, 2.45) is 0 Å². The van der Waals surface area contributed by atoms with Crippen LogP contribution in [0.5, 0.6) is 5.75 Å². The molecule has 0 saturated carbocycles. The van der Waals surface area contributed by atoms with Crippen molar-refractivity contribution in [1.29, 1.82) is 0 Å². The zero-order chi connectivity index (χ0) is 19.2. The number of hydrogen-bond donors (Lipinski definition) is 1. The van der Waals surface area contributed by atoms with E-state index < -0.39 is 0 Å². The fraction of sp³-hybridized carbons (Fsp3) is 0.421. The van der Waals surface area contributed by atoms with Crippen molar-refractivity contribution in [3.63, 3.8) is 0 Å². The second-order valence-electron chi connectivity index (χ2n) is 6.43. The molecule has 1 N–H and O–H groups in total. The zero-order valence-electron chi connectivity index (χ0n) is 15.4. The van der Waals surface area contributed by atoms with Gasteiger partial charge in [0.1, 0.15) is 22.9 Å². The summed E-state index contributed by atoms with van der Waals surface area (Å²) in [6.45, 7) is 3.23. The Hall–Kier alpha value is -1.99. The summed E-state index contributed by atoms with van der Waals surface area (Å²) in [6, 6.07) is 7.55. The molecule has 1 aliphatic heterocycles. The van der Waals surface area contributed by atoms with Gasteiger partial charge in [-0.2, -0.15) is 0 Å². The number of thioether (sulfide) groups is 1. The summed E-state index contributed by atoms with van der Waals surface area (Å²) >= 11 is 7.38. The van der Waals surface area contributed by atoms with E-state index in [-0.39, 0.29) is 11.7 Å². The Balaban J connectivity index is 1.61. The highest BCUT2D eigenvalue weighted by Crippen LogP contribution is 2.29. The SMILES string of the molecule is COc1ccc(Cl)cc1NC(=O)CSc1cc(N2CCCCC2C)ncn1. The normalized spacial score (nSPS) is 16.9. The van der Waals surface area contributed by atoms with Gasteiger partial charge in [0, 0.05) is 23.7 Å². The van der Waals surface area contributed by atoms with Crippen molar-refractivity contribution in [1.82, 2.24) is 9.97 Å². The number of aromatic nitrogens is 2. The highest BCUT2D eigenvalue weighted by Gasteiger charge is 2.20. The van der Waals surface area contributed by atoms with E-state index in [0.29, 0.717) is 22.5 Å². The molecule has 3 rings (SSSR count). The van der Waals surface area contributed by atoms with Gasteiger partial charge in [-0.1, -0.05) is 23.4 Å². The standard InChI is InChI=1S/C19H23ClN4O2S/c1-13-5-3-4-8-24(13)17-10-19(22-12-21-17)27-11-18(25)23-15-9-14(20)6-7-16(15)26-2/h6-7,9-10,12-13H,3-5,8,11H2,1-2H3,(H,23,25). The summed E-state index contributed by atoms with van der Waals surface area (Å²) in [5.74, 6) is 1.59. The molecule has 0 aliphatic carbocycles. The first-order chi connectivity index (χ1) is 13.1. The number of nitrogens with zero attached hydrogens (tertiary/aromatic N) is 3. The van der Waals surface area contributed by atoms with E-state index in [2.05, 4.69) is 27.1 Å². The first-order valence-corrected chi connectivity index (χ1v) is 10.3. The maximum absolute atomic E-state index is 12.3. The molecule has 0 bridgehead atoms. The summed E-state index contributed by atoms with van der Waals surface area (Å²) in [5.41, 5.74) is 0.557. The van der Waals surface area contributed by atoms with Crippen LogP contribution < -0.4 is 15.0 Å². The lowest BCUT2D eigenvalue weighted by Crippen LogP contribution is -2.38. The number of anilines is 2. The Morgan fingerprint density at radius 1 is 1.37 bits per heavy atom. The van der Waals surface area contributed by atoms with Crippen molar-refractivity contribution in [3.05, 3.63) is 35.6 Å². The number of hydrogen-bond acceptors (Lipinski definition) is 6. The second kappa shape index (κ2) is 9.28. The molecule has 1 saturated heterocycles. The molecule has 1 aromatic heterocycles. The van der Waals surface area contributed by atoms with Crippen LogP contribution in [-0.2, 0) is 4.79 Å². The number of amides is 1. The summed E-state index contributed by atoms with van der Waals surface area (Å²) in [4.78, 5) is 23.3. The predicted molar refractivity (Wildman–Crippen MR) is 110 cm³/mol. The summed E-state index contributed by atoms with van der Waals surface area (Å²) in [6.07, 6.45) is 5.19. The molecule has 1 aliphatic rings. The lowest BCUT2D eigenvalue weighted by atomic mass is 10.0. The van der Waals surface area contributed by atoms with Gasteiger partial charge in [-0.05, 0) is 44.4 Å². The zero-order valence-corrected chi connectivity index (χ0v) is 17.0. The number of piperidine rings is 1. The van der Waals surface area contributed by atoms with Crippen LogP contribution in [0.2, 0.25) is 5.02 Å². The minimum absolute atomic E-state index is 0.146. The molecule has 1 fully saturated rings. The van der Waals surface area contributed by atoms with E-state index >= 15 is 0 Å². The number of ether oxygens (including phenoxy) is 1. The third-order valence-electron chi connectivity index (χ3n) is 4.51. The molecular weight excluding hydrogens is 384 g/mol. The maximum atomic E-state index is 12.3. The molecule has 0 spiro atoms. The van der Waals surface area contributed by atoms with Crippen molar-refractivity contribution in [3.8, 4) is 5.75 Å². The van der Waals surface area contributed by atoms with Crippen molar-refractivity contribution >= 4 is 40.8 Å². The van der Waals surface area contributed by atoms with Crippen molar-refractivity contribution < 1.29 is 9.53 Å². The molecule has 1 aromatic carbocycles. The van der Waals surface area contributed by atoms with E-state index in [4.69, 9.17) is 16.3 Å². The topological polar surface area (TPSA) is 67.3 Å². The molecule has 6 nitrogen and oxygen atoms in total. The highest BCUT2D eigenvalue weighted by atomic mass is 35.5. The van der Waals surface area contributed by atoms with Crippen LogP contribution in [0.4, 0.5) is 11.5 Å². The van der Waals surface area contributed by atoms with Gasteiger partial charge < -0.3 is 15.0 Å². The minimum atomic E-state index is -0.146. The lowest BCUT2D eigenvalue weighted by Gasteiger charge is -2.34. The monoisotopic (exact) mass is 406 g/mol. The second-order valence-corrected chi connectivity index (χ2v) is 7.87. The molecule has 1 amide bonds. The average molecular weight is 407 g/mol. The molecule has 1 atom stereocenters. The fourth-order valence-corrected chi connectivity index (χ4v) is 3.94. The van der Waals surface area contributed by atoms with Crippen LogP contribution in [-0.4, -0.2) is 41.3 Å². The quantitative estimate of drug-likeness (QED) is 0.571. The lowest BCUT2D eigenvalue weighted by molar-refractivity contribution is -0.113. The Kier molecular flexibility index (Phi) is 6.79. The van der Waals surface area contributed by atoms with Crippen LogP contribution in [0.1, 0.15) is 26.2 Å². The van der Waals surface area contributed by atoms with Crippen LogP contribution in [0, 0.1) is 0 Å². The molecule has 144 valence electrons. The van der Waals surface area contributed by atoms with Gasteiger partial charge in [-0.3, -0.25) is 4.79 Å². The third-order valence-corrected chi connectivity index (χ3v) is 5.67. The van der Waals surface area contributed by atoms with E-state index in [1.54, 1.807) is 31.6 Å². The average Bonchev–Trinajstić information content (AvgIpc) is 2.67. The fourth-order valence-electron chi connectivity index (χ4n) is 3.11. The largest absolute Gasteiger partial charge is 0.495 e. The van der Waals surface area contributed by atoms with E-state index in [1.807, 2.05) is 6.07 Å². The van der Waals surface area contributed by atoms with Gasteiger partial charge in [0.15, 0.2) is 0 Å². The number of nitrogens with one attached hydrogen (secondary N) is 1. The summed E-state index contributed by atoms with van der Waals surface area (Å²) in [7, 11) is 1.55. The van der Waals surface area contributed by atoms with Crippen LogP contribution in [0.25, 0.3) is 0 Å². The van der Waals surface area contributed by atoms with Gasteiger partial charge in [0.05, 0.1) is 18.6 Å². The molecule has 2 aromatic rings. The van der Waals surface area contributed by atoms with Crippen LogP contribution in [0.3, 0.4) is 0 Å². The summed E-state index contributed by atoms with van der Waals surface area (Å²) in [5, 5.41) is 4.15.